The molecule has 0 unspecified atom stereocenters. The van der Waals surface area contributed by atoms with Gasteiger partial charge in [0, 0.05) is 16.7 Å². The molecule has 0 aliphatic carbocycles. The number of ether oxygens (including phenoxy) is 4. The molecule has 2 rings (SSSR count). The number of hydrogen-bond donors (Lipinski definition) is 0. The Morgan fingerprint density at radius 3 is 1.69 bits per heavy atom. The lowest BCUT2D eigenvalue weighted by atomic mass is 10.0. The van der Waals surface area contributed by atoms with Crippen molar-refractivity contribution in [2.45, 2.75) is 20.8 Å². The number of carbonyl (C=O) groups is 4. The predicted octanol–water partition coefficient (Wildman–Crippen LogP) is 4.59. The molecular weight excluding hydrogens is 452 g/mol. The van der Waals surface area contributed by atoms with Gasteiger partial charge in [-0.15, -0.1) is 0 Å². The number of benzene rings is 2. The van der Waals surface area contributed by atoms with E-state index >= 15 is 0 Å². The van der Waals surface area contributed by atoms with Crippen molar-refractivity contribution >= 4 is 23.9 Å². The fourth-order valence-corrected chi connectivity index (χ4v) is 2.52. The van der Waals surface area contributed by atoms with Gasteiger partial charge in [-0.1, -0.05) is 31.9 Å². The summed E-state index contributed by atoms with van der Waals surface area (Å²) in [6, 6.07) is 11.0. The number of carbonyl (C=O) groups excluding carboxylic acids is 4. The van der Waals surface area contributed by atoms with Crippen LogP contribution in [0.2, 0.25) is 0 Å². The molecule has 0 spiro atoms. The van der Waals surface area contributed by atoms with Crippen LogP contribution in [0.1, 0.15) is 31.1 Å². The fourth-order valence-electron chi connectivity index (χ4n) is 2.52. The van der Waals surface area contributed by atoms with Crippen LogP contribution in [-0.4, -0.2) is 37.1 Å². The highest BCUT2D eigenvalue weighted by Gasteiger charge is 2.15. The number of rotatable bonds is 10. The van der Waals surface area contributed by atoms with Crippen LogP contribution >= 0.6 is 0 Å². The van der Waals surface area contributed by atoms with E-state index < -0.39 is 23.9 Å². The molecule has 2 aromatic carbocycles. The van der Waals surface area contributed by atoms with Gasteiger partial charge in [0.1, 0.15) is 24.7 Å². The van der Waals surface area contributed by atoms with E-state index in [1.54, 1.807) is 43.3 Å². The highest BCUT2D eigenvalue weighted by Crippen LogP contribution is 2.29. The van der Waals surface area contributed by atoms with Gasteiger partial charge in [0.25, 0.3) is 0 Å². The van der Waals surface area contributed by atoms with Crippen LogP contribution in [0.4, 0.5) is 0 Å². The molecule has 0 radical (unpaired) electrons. The highest BCUT2D eigenvalue weighted by atomic mass is 16.6. The molecule has 0 bridgehead atoms. The van der Waals surface area contributed by atoms with Gasteiger partial charge >= 0.3 is 23.9 Å². The molecule has 0 aliphatic heterocycles. The van der Waals surface area contributed by atoms with Crippen LogP contribution in [0, 0.1) is 0 Å². The molecule has 8 nitrogen and oxygen atoms in total. The Hall–Kier alpha value is -4.46. The molecule has 182 valence electrons. The van der Waals surface area contributed by atoms with Gasteiger partial charge in [-0.2, -0.15) is 0 Å². The minimum absolute atomic E-state index is 0.106. The third kappa shape index (κ3) is 8.12. The minimum Gasteiger partial charge on any atom is -0.459 e. The Bertz CT molecular complexity index is 1190. The largest absolute Gasteiger partial charge is 0.459 e. The first kappa shape index (κ1) is 26.8. The fraction of sp³-hybridized carbons (Fsp3) is 0.185. The van der Waals surface area contributed by atoms with Crippen molar-refractivity contribution in [3.8, 4) is 22.6 Å². The molecule has 2 aromatic rings. The maximum atomic E-state index is 12.6. The standard InChI is InChI=1S/C27H26O8/c1-16(2)24(28)32-11-12-33-27(31)21-13-20(14-23(15-21)35-26(30)18(5)6)19-7-9-22(10-8-19)34-25(29)17(3)4/h7-10,13-15H,1,3,5,11-12H2,2,4,6H3. The van der Waals surface area contributed by atoms with Crippen molar-refractivity contribution in [1.82, 2.24) is 0 Å². The zero-order valence-electron chi connectivity index (χ0n) is 19.8. The van der Waals surface area contributed by atoms with E-state index in [1.807, 2.05) is 0 Å². The van der Waals surface area contributed by atoms with Gasteiger partial charge < -0.3 is 18.9 Å². The summed E-state index contributed by atoms with van der Waals surface area (Å²) in [5.74, 6) is -2.09. The first-order valence-corrected chi connectivity index (χ1v) is 10.5. The van der Waals surface area contributed by atoms with Crippen LogP contribution in [0.15, 0.2) is 78.9 Å². The third-order valence-corrected chi connectivity index (χ3v) is 4.35. The molecule has 0 saturated carbocycles. The molecule has 0 saturated heterocycles. The van der Waals surface area contributed by atoms with Crippen LogP contribution in [0.5, 0.6) is 11.5 Å². The van der Waals surface area contributed by atoms with E-state index in [-0.39, 0.29) is 41.2 Å². The van der Waals surface area contributed by atoms with Crippen molar-refractivity contribution in [3.63, 3.8) is 0 Å². The SMILES string of the molecule is C=C(C)C(=O)OCCOC(=O)c1cc(OC(=O)C(=C)C)cc(-c2ccc(OC(=O)C(=C)C)cc2)c1. The summed E-state index contributed by atoms with van der Waals surface area (Å²) in [6.45, 7) is 14.8. The Labute approximate surface area is 203 Å². The summed E-state index contributed by atoms with van der Waals surface area (Å²) >= 11 is 0. The highest BCUT2D eigenvalue weighted by molar-refractivity contribution is 5.93. The monoisotopic (exact) mass is 478 g/mol. The molecule has 0 aliphatic rings. The summed E-state index contributed by atoms with van der Waals surface area (Å²) in [6.07, 6.45) is 0. The smallest absolute Gasteiger partial charge is 0.338 e. The van der Waals surface area contributed by atoms with Crippen molar-refractivity contribution in [1.29, 1.82) is 0 Å². The van der Waals surface area contributed by atoms with Crippen molar-refractivity contribution < 1.29 is 38.1 Å². The molecule has 0 atom stereocenters. The summed E-state index contributed by atoms with van der Waals surface area (Å²) in [7, 11) is 0. The number of esters is 4. The van der Waals surface area contributed by atoms with Crippen LogP contribution < -0.4 is 9.47 Å². The Balaban J connectivity index is 2.26. The molecule has 8 heteroatoms. The average Bonchev–Trinajstić information content (AvgIpc) is 2.81. The molecule has 0 N–H and O–H groups in total. The van der Waals surface area contributed by atoms with Gasteiger partial charge in [-0.3, -0.25) is 0 Å². The van der Waals surface area contributed by atoms with Gasteiger partial charge in [0.15, 0.2) is 0 Å². The van der Waals surface area contributed by atoms with Crippen LogP contribution in [0.3, 0.4) is 0 Å². The summed E-state index contributed by atoms with van der Waals surface area (Å²) in [4.78, 5) is 47.8. The molecule has 0 heterocycles. The summed E-state index contributed by atoms with van der Waals surface area (Å²) < 4.78 is 20.6. The van der Waals surface area contributed by atoms with Crippen molar-refractivity contribution in [3.05, 3.63) is 84.5 Å². The van der Waals surface area contributed by atoms with Gasteiger partial charge in [0.2, 0.25) is 0 Å². The van der Waals surface area contributed by atoms with E-state index in [0.717, 1.165) is 0 Å². The Morgan fingerprint density at radius 2 is 1.14 bits per heavy atom. The van der Waals surface area contributed by atoms with E-state index in [0.29, 0.717) is 16.9 Å². The first-order valence-electron chi connectivity index (χ1n) is 10.5. The zero-order valence-corrected chi connectivity index (χ0v) is 19.8. The Morgan fingerprint density at radius 1 is 0.629 bits per heavy atom. The maximum absolute atomic E-state index is 12.6. The summed E-state index contributed by atoms with van der Waals surface area (Å²) in [5, 5.41) is 0. The topological polar surface area (TPSA) is 105 Å². The summed E-state index contributed by atoms with van der Waals surface area (Å²) in [5.41, 5.74) is 1.97. The van der Waals surface area contributed by atoms with E-state index in [1.165, 1.54) is 19.9 Å². The molecule has 35 heavy (non-hydrogen) atoms. The van der Waals surface area contributed by atoms with Crippen LogP contribution in [-0.2, 0) is 23.9 Å². The molecule has 0 fully saturated rings. The maximum Gasteiger partial charge on any atom is 0.338 e. The average molecular weight is 478 g/mol. The van der Waals surface area contributed by atoms with E-state index in [2.05, 4.69) is 19.7 Å². The zero-order chi connectivity index (χ0) is 26.1. The molecular formula is C27H26O8. The predicted molar refractivity (Wildman–Crippen MR) is 129 cm³/mol. The second-order valence-electron chi connectivity index (χ2n) is 7.66. The third-order valence-electron chi connectivity index (χ3n) is 4.35. The molecule has 0 aromatic heterocycles. The van der Waals surface area contributed by atoms with Gasteiger partial charge in [0.05, 0.1) is 5.56 Å². The minimum atomic E-state index is -0.710. The van der Waals surface area contributed by atoms with E-state index in [9.17, 15) is 19.2 Å². The number of hydrogen-bond acceptors (Lipinski definition) is 8. The normalized spacial score (nSPS) is 10.0. The van der Waals surface area contributed by atoms with Crippen LogP contribution in [0.25, 0.3) is 11.1 Å². The first-order chi connectivity index (χ1) is 16.5. The van der Waals surface area contributed by atoms with E-state index in [4.69, 9.17) is 18.9 Å². The quantitative estimate of drug-likeness (QED) is 0.211. The lowest BCUT2D eigenvalue weighted by Crippen LogP contribution is -2.15. The van der Waals surface area contributed by atoms with Crippen molar-refractivity contribution in [2.75, 3.05) is 13.2 Å². The molecule has 0 amide bonds. The van der Waals surface area contributed by atoms with Gasteiger partial charge in [-0.25, -0.2) is 19.2 Å². The second kappa shape index (κ2) is 12.1. The lowest BCUT2D eigenvalue weighted by molar-refractivity contribution is -0.140. The van der Waals surface area contributed by atoms with Gasteiger partial charge in [-0.05, 0) is 62.2 Å². The van der Waals surface area contributed by atoms with Crippen molar-refractivity contribution in [2.24, 2.45) is 0 Å². The lowest BCUT2D eigenvalue weighted by Gasteiger charge is -2.12. The second-order valence-corrected chi connectivity index (χ2v) is 7.66. The Kier molecular flexibility index (Phi) is 9.28.